The standard InChI is InChI=1S/C14H15BrO3S/c1-3-18-14(17)10-6-9(4-5-16)12-8(2)13(15)19-11(12)7-10/h6-7,16H,3-5H2,1-2H3. The topological polar surface area (TPSA) is 46.5 Å². The van der Waals surface area contributed by atoms with Crippen LogP contribution in [0.1, 0.15) is 28.4 Å². The Morgan fingerprint density at radius 1 is 1.47 bits per heavy atom. The number of esters is 1. The van der Waals surface area contributed by atoms with Crippen molar-refractivity contribution in [3.63, 3.8) is 0 Å². The Bertz CT molecular complexity index is 619. The van der Waals surface area contributed by atoms with Crippen molar-refractivity contribution in [2.45, 2.75) is 20.3 Å². The molecule has 2 rings (SSSR count). The van der Waals surface area contributed by atoms with Gasteiger partial charge in [-0.15, -0.1) is 11.3 Å². The average Bonchev–Trinajstić information content (AvgIpc) is 2.66. The number of fused-ring (bicyclic) bond motifs is 1. The molecule has 0 bridgehead atoms. The Labute approximate surface area is 124 Å². The van der Waals surface area contributed by atoms with Gasteiger partial charge in [0.2, 0.25) is 0 Å². The van der Waals surface area contributed by atoms with Gasteiger partial charge in [0.1, 0.15) is 0 Å². The van der Waals surface area contributed by atoms with E-state index in [1.54, 1.807) is 18.3 Å². The van der Waals surface area contributed by atoms with Crippen molar-refractivity contribution >= 4 is 43.3 Å². The SMILES string of the molecule is CCOC(=O)c1cc(CCO)c2c(C)c(Br)sc2c1. The molecule has 102 valence electrons. The van der Waals surface area contributed by atoms with E-state index in [1.165, 1.54) is 0 Å². The molecule has 2 aromatic rings. The molecule has 0 fully saturated rings. The molecular weight excluding hydrogens is 328 g/mol. The molecule has 0 saturated heterocycles. The summed E-state index contributed by atoms with van der Waals surface area (Å²) >= 11 is 5.12. The highest BCUT2D eigenvalue weighted by Gasteiger charge is 2.15. The van der Waals surface area contributed by atoms with Crippen LogP contribution >= 0.6 is 27.3 Å². The van der Waals surface area contributed by atoms with Crippen LogP contribution in [-0.4, -0.2) is 24.3 Å². The molecule has 19 heavy (non-hydrogen) atoms. The number of aliphatic hydroxyl groups is 1. The summed E-state index contributed by atoms with van der Waals surface area (Å²) in [6.45, 7) is 4.25. The predicted molar refractivity (Wildman–Crippen MR) is 81.0 cm³/mol. The molecule has 0 radical (unpaired) electrons. The molecule has 1 aromatic heterocycles. The summed E-state index contributed by atoms with van der Waals surface area (Å²) in [5, 5.41) is 10.3. The van der Waals surface area contributed by atoms with Crippen LogP contribution in [0, 0.1) is 6.92 Å². The highest BCUT2D eigenvalue weighted by atomic mass is 79.9. The predicted octanol–water partition coefficient (Wildman–Crippen LogP) is 3.68. The van der Waals surface area contributed by atoms with Gasteiger partial charge in [-0.05, 0) is 64.8 Å². The molecule has 0 amide bonds. The summed E-state index contributed by atoms with van der Waals surface area (Å²) in [5.41, 5.74) is 2.69. The summed E-state index contributed by atoms with van der Waals surface area (Å²) in [7, 11) is 0. The molecule has 3 nitrogen and oxygen atoms in total. The summed E-state index contributed by atoms with van der Waals surface area (Å²) in [5.74, 6) is -0.314. The van der Waals surface area contributed by atoms with Gasteiger partial charge in [0, 0.05) is 11.3 Å². The Morgan fingerprint density at radius 2 is 2.21 bits per heavy atom. The van der Waals surface area contributed by atoms with E-state index in [1.807, 2.05) is 19.1 Å². The smallest absolute Gasteiger partial charge is 0.338 e. The molecule has 0 aliphatic heterocycles. The fourth-order valence-electron chi connectivity index (χ4n) is 2.10. The monoisotopic (exact) mass is 342 g/mol. The summed E-state index contributed by atoms with van der Waals surface area (Å²) in [4.78, 5) is 11.8. The first-order valence-corrected chi connectivity index (χ1v) is 7.69. The van der Waals surface area contributed by atoms with Gasteiger partial charge in [-0.3, -0.25) is 0 Å². The number of benzene rings is 1. The maximum atomic E-state index is 11.8. The third kappa shape index (κ3) is 2.83. The lowest BCUT2D eigenvalue weighted by atomic mass is 10.0. The number of ether oxygens (including phenoxy) is 1. The molecule has 0 spiro atoms. The third-order valence-corrected chi connectivity index (χ3v) is 5.05. The van der Waals surface area contributed by atoms with Gasteiger partial charge >= 0.3 is 5.97 Å². The number of thiophene rings is 1. The number of rotatable bonds is 4. The van der Waals surface area contributed by atoms with Crippen LogP contribution in [0.5, 0.6) is 0 Å². The number of aryl methyl sites for hydroxylation is 1. The van der Waals surface area contributed by atoms with Gasteiger partial charge in [-0.25, -0.2) is 4.79 Å². The van der Waals surface area contributed by atoms with Crippen molar-refractivity contribution in [3.05, 3.63) is 32.6 Å². The zero-order valence-corrected chi connectivity index (χ0v) is 13.2. The van der Waals surface area contributed by atoms with Crippen LogP contribution in [-0.2, 0) is 11.2 Å². The molecule has 0 saturated carbocycles. The van der Waals surface area contributed by atoms with Gasteiger partial charge in [0.05, 0.1) is 16.0 Å². The van der Waals surface area contributed by atoms with Crippen molar-refractivity contribution in [1.82, 2.24) is 0 Å². The lowest BCUT2D eigenvalue weighted by molar-refractivity contribution is 0.0526. The normalized spacial score (nSPS) is 10.9. The van der Waals surface area contributed by atoms with E-state index in [-0.39, 0.29) is 12.6 Å². The molecule has 0 unspecified atom stereocenters. The van der Waals surface area contributed by atoms with Gasteiger partial charge in [-0.2, -0.15) is 0 Å². The summed E-state index contributed by atoms with van der Waals surface area (Å²) < 4.78 is 7.14. The fourth-order valence-corrected chi connectivity index (χ4v) is 3.84. The molecular formula is C14H15BrO3S. The van der Waals surface area contributed by atoms with E-state index in [9.17, 15) is 9.90 Å². The van der Waals surface area contributed by atoms with Crippen LogP contribution in [0.3, 0.4) is 0 Å². The molecule has 1 aromatic carbocycles. The molecule has 0 aliphatic rings. The van der Waals surface area contributed by atoms with Crippen molar-refractivity contribution in [2.24, 2.45) is 0 Å². The van der Waals surface area contributed by atoms with E-state index >= 15 is 0 Å². The summed E-state index contributed by atoms with van der Waals surface area (Å²) in [6.07, 6.45) is 0.535. The lowest BCUT2D eigenvalue weighted by Gasteiger charge is -2.07. The van der Waals surface area contributed by atoms with Gasteiger partial charge in [0.25, 0.3) is 0 Å². The van der Waals surface area contributed by atoms with Gasteiger partial charge in [0.15, 0.2) is 0 Å². The third-order valence-electron chi connectivity index (χ3n) is 2.95. The lowest BCUT2D eigenvalue weighted by Crippen LogP contribution is -2.05. The maximum absolute atomic E-state index is 11.8. The first-order chi connectivity index (χ1) is 9.08. The maximum Gasteiger partial charge on any atom is 0.338 e. The minimum absolute atomic E-state index is 0.0638. The Hall–Kier alpha value is -0.910. The number of hydrogen-bond donors (Lipinski definition) is 1. The van der Waals surface area contributed by atoms with Crippen LogP contribution < -0.4 is 0 Å². The second-order valence-corrected chi connectivity index (χ2v) is 6.57. The van der Waals surface area contributed by atoms with E-state index in [4.69, 9.17) is 4.74 Å². The minimum atomic E-state index is -0.314. The number of carbonyl (C=O) groups excluding carboxylic acids is 1. The fraction of sp³-hybridized carbons (Fsp3) is 0.357. The van der Waals surface area contributed by atoms with E-state index in [2.05, 4.69) is 15.9 Å². The first kappa shape index (κ1) is 14.5. The average molecular weight is 343 g/mol. The first-order valence-electron chi connectivity index (χ1n) is 6.08. The van der Waals surface area contributed by atoms with Crippen LogP contribution in [0.25, 0.3) is 10.1 Å². The number of halogens is 1. The number of aliphatic hydroxyl groups excluding tert-OH is 1. The van der Waals surface area contributed by atoms with E-state index in [0.29, 0.717) is 18.6 Å². The van der Waals surface area contributed by atoms with Crippen LogP contribution in [0.4, 0.5) is 0 Å². The molecule has 1 N–H and O–H groups in total. The van der Waals surface area contributed by atoms with Crippen molar-refractivity contribution in [2.75, 3.05) is 13.2 Å². The van der Waals surface area contributed by atoms with Crippen molar-refractivity contribution < 1.29 is 14.6 Å². The largest absolute Gasteiger partial charge is 0.462 e. The van der Waals surface area contributed by atoms with Gasteiger partial charge < -0.3 is 9.84 Å². The second-order valence-electron chi connectivity index (χ2n) is 4.20. The molecule has 0 aliphatic carbocycles. The zero-order chi connectivity index (χ0) is 14.0. The van der Waals surface area contributed by atoms with E-state index in [0.717, 1.165) is 25.0 Å². The zero-order valence-electron chi connectivity index (χ0n) is 10.8. The number of hydrogen-bond acceptors (Lipinski definition) is 4. The van der Waals surface area contributed by atoms with Crippen LogP contribution in [0.15, 0.2) is 15.9 Å². The Balaban J connectivity index is 2.61. The van der Waals surface area contributed by atoms with Crippen molar-refractivity contribution in [1.29, 1.82) is 0 Å². The Kier molecular flexibility index (Phi) is 4.60. The highest BCUT2D eigenvalue weighted by Crippen LogP contribution is 2.37. The molecule has 0 atom stereocenters. The molecule has 1 heterocycles. The minimum Gasteiger partial charge on any atom is -0.462 e. The van der Waals surface area contributed by atoms with Crippen molar-refractivity contribution in [3.8, 4) is 0 Å². The Morgan fingerprint density at radius 3 is 2.84 bits per heavy atom. The molecule has 5 heteroatoms. The van der Waals surface area contributed by atoms with Gasteiger partial charge in [-0.1, -0.05) is 0 Å². The van der Waals surface area contributed by atoms with E-state index < -0.39 is 0 Å². The second kappa shape index (κ2) is 6.03. The highest BCUT2D eigenvalue weighted by molar-refractivity contribution is 9.11. The van der Waals surface area contributed by atoms with Crippen LogP contribution in [0.2, 0.25) is 0 Å². The summed E-state index contributed by atoms with van der Waals surface area (Å²) in [6, 6.07) is 3.68. The quantitative estimate of drug-likeness (QED) is 0.862. The number of carbonyl (C=O) groups is 1.